The van der Waals surface area contributed by atoms with Gasteiger partial charge in [-0.2, -0.15) is 0 Å². The number of allylic oxidation sites excluding steroid dienone is 2. The molecule has 4 rings (SSSR count). The average Bonchev–Trinajstić information content (AvgIpc) is 3.22. The summed E-state index contributed by atoms with van der Waals surface area (Å²) in [6.45, 7) is 5.65. The van der Waals surface area contributed by atoms with Gasteiger partial charge in [0.1, 0.15) is 15.9 Å². The zero-order valence-electron chi connectivity index (χ0n) is 18.8. The molecule has 33 heavy (non-hydrogen) atoms. The molecule has 0 aromatic carbocycles. The van der Waals surface area contributed by atoms with Crippen molar-refractivity contribution in [1.82, 2.24) is 24.9 Å². The van der Waals surface area contributed by atoms with Gasteiger partial charge in [0.15, 0.2) is 10.5 Å². The minimum absolute atomic E-state index is 0.368. The Morgan fingerprint density at radius 3 is 2.52 bits per heavy atom. The third kappa shape index (κ3) is 4.42. The van der Waals surface area contributed by atoms with Crippen LogP contribution in [0.1, 0.15) is 25.2 Å². The first kappa shape index (κ1) is 22.8. The average molecular weight is 480 g/mol. The van der Waals surface area contributed by atoms with Crippen LogP contribution in [0.15, 0.2) is 41.4 Å². The van der Waals surface area contributed by atoms with Crippen molar-refractivity contribution in [2.45, 2.75) is 20.8 Å². The van der Waals surface area contributed by atoms with Gasteiger partial charge in [0.2, 0.25) is 0 Å². The third-order valence-corrected chi connectivity index (χ3v) is 6.26. The van der Waals surface area contributed by atoms with Crippen molar-refractivity contribution in [1.29, 1.82) is 0 Å². The standard InChI is InChI=1S/C23H22ClN7OS/c1-11-6-14(15-7-19(24)28-10-18(15)32-5)16(8-27-11)22-31-21-23(33-22)30-17(9-29-21)20(12(2)25)13(3)26-4/h6-10H,25H2,1-5H3/b20-12+,26-13?. The second-order valence-electron chi connectivity index (χ2n) is 7.35. The fraction of sp³-hybridized carbons (Fsp3) is 0.217. The van der Waals surface area contributed by atoms with Gasteiger partial charge in [-0.05, 0) is 38.5 Å². The second kappa shape index (κ2) is 9.21. The number of methoxy groups -OCH3 is 1. The summed E-state index contributed by atoms with van der Waals surface area (Å²) in [6.07, 6.45) is 5.07. The van der Waals surface area contributed by atoms with E-state index in [-0.39, 0.29) is 0 Å². The summed E-state index contributed by atoms with van der Waals surface area (Å²) in [7, 11) is 3.32. The van der Waals surface area contributed by atoms with Crippen molar-refractivity contribution in [3.05, 3.63) is 53.0 Å². The highest BCUT2D eigenvalue weighted by molar-refractivity contribution is 7.21. The molecule has 0 radical (unpaired) electrons. The van der Waals surface area contributed by atoms with Crippen LogP contribution in [-0.4, -0.2) is 44.8 Å². The maximum atomic E-state index is 6.20. The van der Waals surface area contributed by atoms with Gasteiger partial charge in [-0.1, -0.05) is 22.9 Å². The Kier molecular flexibility index (Phi) is 6.35. The lowest BCUT2D eigenvalue weighted by atomic mass is 10.0. The lowest BCUT2D eigenvalue weighted by molar-refractivity contribution is 0.414. The maximum absolute atomic E-state index is 6.20. The van der Waals surface area contributed by atoms with E-state index < -0.39 is 0 Å². The van der Waals surface area contributed by atoms with Crippen molar-refractivity contribution in [3.8, 4) is 27.4 Å². The molecule has 0 bridgehead atoms. The Hall–Kier alpha value is -3.43. The highest BCUT2D eigenvalue weighted by Crippen LogP contribution is 2.40. The SMILES string of the molecule is CN=C(C)/C(=C(/C)N)c1cnc2nc(-c3cnc(C)cc3-c3cc(Cl)ncc3OC)sc2n1. The van der Waals surface area contributed by atoms with E-state index in [2.05, 4.69) is 19.9 Å². The molecule has 0 unspecified atom stereocenters. The molecule has 0 saturated carbocycles. The Bertz CT molecular complexity index is 1420. The molecule has 0 atom stereocenters. The summed E-state index contributed by atoms with van der Waals surface area (Å²) in [5.41, 5.74) is 12.9. The Balaban J connectivity index is 1.89. The zero-order valence-corrected chi connectivity index (χ0v) is 20.4. The van der Waals surface area contributed by atoms with Gasteiger partial charge < -0.3 is 10.5 Å². The van der Waals surface area contributed by atoms with E-state index in [9.17, 15) is 0 Å². The quantitative estimate of drug-likeness (QED) is 0.318. The second-order valence-corrected chi connectivity index (χ2v) is 8.71. The normalized spacial score (nSPS) is 12.7. The topological polar surface area (TPSA) is 112 Å². The van der Waals surface area contributed by atoms with E-state index in [1.165, 1.54) is 11.3 Å². The van der Waals surface area contributed by atoms with Crippen molar-refractivity contribution in [2.24, 2.45) is 10.7 Å². The number of nitrogens with two attached hydrogens (primary N) is 1. The number of aryl methyl sites for hydroxylation is 1. The molecule has 4 aromatic rings. The van der Waals surface area contributed by atoms with Gasteiger partial charge in [0.25, 0.3) is 0 Å². The number of halogens is 1. The van der Waals surface area contributed by atoms with Crippen LogP contribution in [0.25, 0.3) is 37.7 Å². The first-order chi connectivity index (χ1) is 15.8. The van der Waals surface area contributed by atoms with Crippen LogP contribution in [0.3, 0.4) is 0 Å². The van der Waals surface area contributed by atoms with Gasteiger partial charge >= 0.3 is 0 Å². The van der Waals surface area contributed by atoms with Crippen LogP contribution in [-0.2, 0) is 0 Å². The maximum Gasteiger partial charge on any atom is 0.190 e. The van der Waals surface area contributed by atoms with Crippen molar-refractivity contribution in [2.75, 3.05) is 14.2 Å². The molecule has 10 heteroatoms. The highest BCUT2D eigenvalue weighted by Gasteiger charge is 2.19. The van der Waals surface area contributed by atoms with Crippen molar-refractivity contribution >= 4 is 44.7 Å². The lowest BCUT2D eigenvalue weighted by Gasteiger charge is -2.12. The molecule has 2 N–H and O–H groups in total. The number of hydrogen-bond donors (Lipinski definition) is 1. The van der Waals surface area contributed by atoms with Gasteiger partial charge in [-0.3, -0.25) is 9.98 Å². The number of hydrogen-bond acceptors (Lipinski definition) is 9. The molecule has 0 amide bonds. The van der Waals surface area contributed by atoms with E-state index in [1.807, 2.05) is 26.8 Å². The van der Waals surface area contributed by atoms with Crippen LogP contribution in [0.5, 0.6) is 5.75 Å². The number of pyridine rings is 2. The Labute approximate surface area is 200 Å². The number of fused-ring (bicyclic) bond motifs is 1. The summed E-state index contributed by atoms with van der Waals surface area (Å²) in [4.78, 5) is 27.6. The molecule has 8 nitrogen and oxygen atoms in total. The number of aromatic nitrogens is 5. The van der Waals surface area contributed by atoms with Crippen LogP contribution < -0.4 is 10.5 Å². The lowest BCUT2D eigenvalue weighted by Crippen LogP contribution is -2.07. The largest absolute Gasteiger partial charge is 0.494 e. The predicted molar refractivity (Wildman–Crippen MR) is 134 cm³/mol. The van der Waals surface area contributed by atoms with E-state index in [0.29, 0.717) is 32.8 Å². The molecular weight excluding hydrogens is 458 g/mol. The van der Waals surface area contributed by atoms with Gasteiger partial charge in [0.05, 0.1) is 25.2 Å². The van der Waals surface area contributed by atoms with E-state index in [4.69, 9.17) is 32.0 Å². The smallest absolute Gasteiger partial charge is 0.190 e. The van der Waals surface area contributed by atoms with Gasteiger partial charge in [-0.15, -0.1) is 0 Å². The first-order valence-corrected chi connectivity index (χ1v) is 11.2. The minimum Gasteiger partial charge on any atom is -0.494 e. The minimum atomic E-state index is 0.368. The Morgan fingerprint density at radius 2 is 1.82 bits per heavy atom. The van der Waals surface area contributed by atoms with E-state index >= 15 is 0 Å². The summed E-state index contributed by atoms with van der Waals surface area (Å²) in [6, 6.07) is 3.75. The molecule has 4 aromatic heterocycles. The molecule has 0 saturated heterocycles. The van der Waals surface area contributed by atoms with Gasteiger partial charge in [-0.25, -0.2) is 19.9 Å². The zero-order chi connectivity index (χ0) is 23.7. The molecule has 0 aliphatic rings. The molecular formula is C23H22ClN7OS. The van der Waals surface area contributed by atoms with Gasteiger partial charge in [0, 0.05) is 47.0 Å². The number of nitrogens with zero attached hydrogens (tertiary/aromatic N) is 6. The van der Waals surface area contributed by atoms with Crippen LogP contribution >= 0.6 is 22.9 Å². The number of thiazole rings is 1. The van der Waals surface area contributed by atoms with Crippen molar-refractivity contribution in [3.63, 3.8) is 0 Å². The first-order valence-electron chi connectivity index (χ1n) is 10.0. The molecule has 0 fully saturated rings. The number of ether oxygens (including phenoxy) is 1. The summed E-state index contributed by atoms with van der Waals surface area (Å²) >= 11 is 7.62. The summed E-state index contributed by atoms with van der Waals surface area (Å²) in [5.74, 6) is 0.605. The van der Waals surface area contributed by atoms with Crippen LogP contribution in [0, 0.1) is 6.92 Å². The van der Waals surface area contributed by atoms with Crippen molar-refractivity contribution < 1.29 is 4.74 Å². The Morgan fingerprint density at radius 1 is 1.03 bits per heavy atom. The number of rotatable bonds is 5. The molecule has 0 aliphatic carbocycles. The molecule has 0 spiro atoms. The third-order valence-electron chi connectivity index (χ3n) is 5.09. The summed E-state index contributed by atoms with van der Waals surface area (Å²) < 4.78 is 5.53. The molecule has 0 aliphatic heterocycles. The molecule has 168 valence electrons. The van der Waals surface area contributed by atoms with E-state index in [1.54, 1.807) is 38.8 Å². The fourth-order valence-electron chi connectivity index (χ4n) is 3.49. The van der Waals surface area contributed by atoms with Crippen LogP contribution in [0.2, 0.25) is 5.15 Å². The van der Waals surface area contributed by atoms with Crippen LogP contribution in [0.4, 0.5) is 0 Å². The van der Waals surface area contributed by atoms with E-state index in [0.717, 1.165) is 38.7 Å². The number of aliphatic imine (C=N–C) groups is 1. The molecule has 4 heterocycles. The summed E-state index contributed by atoms with van der Waals surface area (Å²) in [5, 5.41) is 1.10. The predicted octanol–water partition coefficient (Wildman–Crippen LogP) is 4.96. The highest BCUT2D eigenvalue weighted by atomic mass is 35.5. The fourth-order valence-corrected chi connectivity index (χ4v) is 4.56. The monoisotopic (exact) mass is 479 g/mol.